The number of ether oxygens (including phenoxy) is 1. The molecule has 0 fully saturated rings. The molecule has 2 rings (SSSR count). The molecule has 1 aliphatic heterocycles. The maximum Gasteiger partial charge on any atom is 0.123 e. The zero-order valence-electron chi connectivity index (χ0n) is 10.1. The van der Waals surface area contributed by atoms with Crippen molar-refractivity contribution in [2.75, 3.05) is 0 Å². The first-order valence-electron chi connectivity index (χ1n) is 6.09. The zero-order valence-corrected chi connectivity index (χ0v) is 10.1. The summed E-state index contributed by atoms with van der Waals surface area (Å²) >= 11 is 0. The van der Waals surface area contributed by atoms with E-state index in [-0.39, 0.29) is 6.10 Å². The monoisotopic (exact) mass is 220 g/mol. The van der Waals surface area contributed by atoms with Crippen molar-refractivity contribution in [3.63, 3.8) is 0 Å². The van der Waals surface area contributed by atoms with Crippen LogP contribution in [0.4, 0.5) is 0 Å². The summed E-state index contributed by atoms with van der Waals surface area (Å²) in [5, 5.41) is 9.20. The fourth-order valence-corrected chi connectivity index (χ4v) is 2.25. The topological polar surface area (TPSA) is 29.5 Å². The van der Waals surface area contributed by atoms with Crippen LogP contribution in [0.1, 0.15) is 37.3 Å². The molecular weight excluding hydrogens is 200 g/mol. The Hall–Kier alpha value is -1.02. The van der Waals surface area contributed by atoms with Crippen molar-refractivity contribution in [3.8, 4) is 5.75 Å². The molecule has 0 bridgehead atoms. The van der Waals surface area contributed by atoms with Crippen LogP contribution in [-0.4, -0.2) is 17.3 Å². The molecule has 88 valence electrons. The summed E-state index contributed by atoms with van der Waals surface area (Å²) in [6.45, 7) is 3.95. The van der Waals surface area contributed by atoms with Crippen LogP contribution in [0, 0.1) is 6.92 Å². The van der Waals surface area contributed by atoms with E-state index in [0.717, 1.165) is 31.4 Å². The van der Waals surface area contributed by atoms with Gasteiger partial charge in [-0.15, -0.1) is 0 Å². The molecule has 1 aromatic carbocycles. The average molecular weight is 220 g/mol. The second-order valence-corrected chi connectivity index (χ2v) is 4.84. The summed E-state index contributed by atoms with van der Waals surface area (Å²) in [7, 11) is 0. The molecule has 2 nitrogen and oxygen atoms in total. The van der Waals surface area contributed by atoms with Gasteiger partial charge < -0.3 is 9.84 Å². The van der Waals surface area contributed by atoms with E-state index in [1.165, 1.54) is 11.1 Å². The first-order chi connectivity index (χ1) is 7.65. The summed E-state index contributed by atoms with van der Waals surface area (Å²) in [6, 6.07) is 6.38. The predicted octanol–water partition coefficient (Wildman–Crippen LogP) is 2.85. The van der Waals surface area contributed by atoms with E-state index in [4.69, 9.17) is 4.74 Å². The number of aliphatic hydroxyl groups excluding tert-OH is 1. The lowest BCUT2D eigenvalue weighted by Crippen LogP contribution is -2.13. The first kappa shape index (κ1) is 11.5. The second-order valence-electron chi connectivity index (χ2n) is 4.84. The molecule has 1 aromatic rings. The van der Waals surface area contributed by atoms with E-state index in [0.29, 0.717) is 6.10 Å². The van der Waals surface area contributed by atoms with Gasteiger partial charge in [0.1, 0.15) is 11.9 Å². The fraction of sp³-hybridized carbons (Fsp3) is 0.571. The van der Waals surface area contributed by atoms with Gasteiger partial charge in [0.15, 0.2) is 0 Å². The lowest BCUT2D eigenvalue weighted by atomic mass is 10.0. The van der Waals surface area contributed by atoms with E-state index >= 15 is 0 Å². The molecular formula is C14H20O2. The van der Waals surface area contributed by atoms with Crippen LogP contribution >= 0.6 is 0 Å². The van der Waals surface area contributed by atoms with Gasteiger partial charge in [0.25, 0.3) is 0 Å². The van der Waals surface area contributed by atoms with Crippen molar-refractivity contribution in [3.05, 3.63) is 29.3 Å². The van der Waals surface area contributed by atoms with Gasteiger partial charge in [-0.05, 0) is 44.7 Å². The van der Waals surface area contributed by atoms with E-state index in [1.807, 2.05) is 6.92 Å². The van der Waals surface area contributed by atoms with E-state index in [2.05, 4.69) is 25.1 Å². The van der Waals surface area contributed by atoms with Crippen LogP contribution < -0.4 is 4.74 Å². The SMILES string of the molecule is Cc1ccc2c(c1)CC(CCCC(C)O)O2. The Kier molecular flexibility index (Phi) is 3.49. The number of hydrogen-bond acceptors (Lipinski definition) is 2. The van der Waals surface area contributed by atoms with Crippen molar-refractivity contribution in [2.45, 2.75) is 51.7 Å². The molecule has 0 saturated heterocycles. The maximum absolute atomic E-state index is 9.20. The molecule has 1 N–H and O–H groups in total. The van der Waals surface area contributed by atoms with Gasteiger partial charge in [0.05, 0.1) is 6.10 Å². The Labute approximate surface area is 97.3 Å². The summed E-state index contributed by atoms with van der Waals surface area (Å²) in [4.78, 5) is 0. The Bertz CT molecular complexity index is 358. The van der Waals surface area contributed by atoms with E-state index < -0.39 is 0 Å². The molecule has 0 saturated carbocycles. The highest BCUT2D eigenvalue weighted by molar-refractivity contribution is 5.40. The second kappa shape index (κ2) is 4.88. The number of benzene rings is 1. The summed E-state index contributed by atoms with van der Waals surface area (Å²) < 4.78 is 5.86. The molecule has 0 aromatic heterocycles. The van der Waals surface area contributed by atoms with E-state index in [9.17, 15) is 5.11 Å². The van der Waals surface area contributed by atoms with Crippen LogP contribution in [-0.2, 0) is 6.42 Å². The van der Waals surface area contributed by atoms with Crippen molar-refractivity contribution in [1.82, 2.24) is 0 Å². The molecule has 0 amide bonds. The molecule has 1 heterocycles. The lowest BCUT2D eigenvalue weighted by Gasteiger charge is -2.10. The molecule has 0 radical (unpaired) electrons. The van der Waals surface area contributed by atoms with Crippen molar-refractivity contribution in [1.29, 1.82) is 0 Å². The normalized spacial score (nSPS) is 20.3. The Morgan fingerprint density at radius 3 is 3.06 bits per heavy atom. The Morgan fingerprint density at radius 2 is 2.31 bits per heavy atom. The van der Waals surface area contributed by atoms with Crippen molar-refractivity contribution in [2.24, 2.45) is 0 Å². The summed E-state index contributed by atoms with van der Waals surface area (Å²) in [6.07, 6.45) is 4.10. The summed E-state index contributed by atoms with van der Waals surface area (Å²) in [5.74, 6) is 1.05. The molecule has 2 unspecified atom stereocenters. The van der Waals surface area contributed by atoms with Crippen LogP contribution in [0.15, 0.2) is 18.2 Å². The van der Waals surface area contributed by atoms with Gasteiger partial charge in [0.2, 0.25) is 0 Å². The van der Waals surface area contributed by atoms with Crippen molar-refractivity contribution < 1.29 is 9.84 Å². The average Bonchev–Trinajstić information content (AvgIpc) is 2.58. The Morgan fingerprint density at radius 1 is 1.50 bits per heavy atom. The molecule has 0 aliphatic carbocycles. The molecule has 1 aliphatic rings. The van der Waals surface area contributed by atoms with Gasteiger partial charge >= 0.3 is 0 Å². The van der Waals surface area contributed by atoms with Crippen LogP contribution in [0.2, 0.25) is 0 Å². The lowest BCUT2D eigenvalue weighted by molar-refractivity contribution is 0.165. The van der Waals surface area contributed by atoms with Gasteiger partial charge in [-0.3, -0.25) is 0 Å². The number of hydrogen-bond donors (Lipinski definition) is 1. The molecule has 2 atom stereocenters. The molecule has 16 heavy (non-hydrogen) atoms. The standard InChI is InChI=1S/C14H20O2/c1-10-6-7-14-12(8-10)9-13(16-14)5-3-4-11(2)15/h6-8,11,13,15H,3-5,9H2,1-2H3. The zero-order chi connectivity index (χ0) is 11.5. The largest absolute Gasteiger partial charge is 0.490 e. The van der Waals surface area contributed by atoms with Crippen molar-refractivity contribution >= 4 is 0 Å². The summed E-state index contributed by atoms with van der Waals surface area (Å²) in [5.41, 5.74) is 2.63. The highest BCUT2D eigenvalue weighted by atomic mass is 16.5. The van der Waals surface area contributed by atoms with Crippen LogP contribution in [0.5, 0.6) is 5.75 Å². The third-order valence-corrected chi connectivity index (χ3v) is 3.11. The number of fused-ring (bicyclic) bond motifs is 1. The van der Waals surface area contributed by atoms with Crippen LogP contribution in [0.3, 0.4) is 0 Å². The smallest absolute Gasteiger partial charge is 0.123 e. The fourth-order valence-electron chi connectivity index (χ4n) is 2.25. The predicted molar refractivity (Wildman–Crippen MR) is 64.8 cm³/mol. The minimum absolute atomic E-state index is 0.189. The highest BCUT2D eigenvalue weighted by Crippen LogP contribution is 2.31. The van der Waals surface area contributed by atoms with Gasteiger partial charge in [-0.1, -0.05) is 17.7 Å². The number of aliphatic hydroxyl groups is 1. The molecule has 0 spiro atoms. The Balaban J connectivity index is 1.86. The third kappa shape index (κ3) is 2.76. The van der Waals surface area contributed by atoms with Gasteiger partial charge in [0, 0.05) is 6.42 Å². The minimum atomic E-state index is -0.189. The molecule has 2 heteroatoms. The maximum atomic E-state index is 9.20. The number of rotatable bonds is 4. The van der Waals surface area contributed by atoms with Crippen LogP contribution in [0.25, 0.3) is 0 Å². The van der Waals surface area contributed by atoms with Gasteiger partial charge in [-0.25, -0.2) is 0 Å². The van der Waals surface area contributed by atoms with E-state index in [1.54, 1.807) is 0 Å². The third-order valence-electron chi connectivity index (χ3n) is 3.11. The minimum Gasteiger partial charge on any atom is -0.490 e. The first-order valence-corrected chi connectivity index (χ1v) is 6.09. The quantitative estimate of drug-likeness (QED) is 0.845. The van der Waals surface area contributed by atoms with Gasteiger partial charge in [-0.2, -0.15) is 0 Å². The number of aryl methyl sites for hydroxylation is 1. The highest BCUT2D eigenvalue weighted by Gasteiger charge is 2.22.